The van der Waals surface area contributed by atoms with Crippen molar-refractivity contribution in [2.45, 2.75) is 32.1 Å². The third-order valence-corrected chi connectivity index (χ3v) is 3.34. The van der Waals surface area contributed by atoms with Gasteiger partial charge in [0.05, 0.1) is 10.7 Å². The number of allylic oxidation sites excluding steroid dienone is 1. The van der Waals surface area contributed by atoms with Crippen molar-refractivity contribution in [2.75, 3.05) is 0 Å². The molecular formula is C12H16Cl2N2O. The summed E-state index contributed by atoms with van der Waals surface area (Å²) in [6.07, 6.45) is 5.20. The Kier molecular flexibility index (Phi) is 5.72. The van der Waals surface area contributed by atoms with E-state index in [1.54, 1.807) is 0 Å². The molecule has 5 heteroatoms. The number of rotatable bonds is 4. The molecule has 0 atom stereocenters. The first-order valence-electron chi connectivity index (χ1n) is 5.58. The van der Waals surface area contributed by atoms with Gasteiger partial charge in [-0.2, -0.15) is 0 Å². The second kappa shape index (κ2) is 6.82. The standard InChI is InChI=1S/C12H16Cl2N2O/c1-8(13)10(11(14)15-2)16-12(17)9-6-4-3-5-7-9/h9H,1-7H2,(H,16,17). The Morgan fingerprint density at radius 3 is 2.29 bits per heavy atom. The highest BCUT2D eigenvalue weighted by Crippen LogP contribution is 2.25. The highest BCUT2D eigenvalue weighted by atomic mass is 35.5. The molecule has 94 valence electrons. The third-order valence-electron chi connectivity index (χ3n) is 2.84. The van der Waals surface area contributed by atoms with Gasteiger partial charge >= 0.3 is 0 Å². The molecule has 0 saturated heterocycles. The highest BCUT2D eigenvalue weighted by molar-refractivity contribution is 6.35. The van der Waals surface area contributed by atoms with E-state index in [-0.39, 0.29) is 27.7 Å². The van der Waals surface area contributed by atoms with Crippen LogP contribution < -0.4 is 5.32 Å². The largest absolute Gasteiger partial charge is 0.322 e. The Morgan fingerprint density at radius 1 is 1.24 bits per heavy atom. The van der Waals surface area contributed by atoms with Crippen LogP contribution in [0.5, 0.6) is 0 Å². The van der Waals surface area contributed by atoms with Gasteiger partial charge in [0.1, 0.15) is 0 Å². The minimum absolute atomic E-state index is 0.0315. The van der Waals surface area contributed by atoms with E-state index >= 15 is 0 Å². The molecule has 1 fully saturated rings. The molecular weight excluding hydrogens is 259 g/mol. The summed E-state index contributed by atoms with van der Waals surface area (Å²) in [5.41, 5.74) is 0.249. The van der Waals surface area contributed by atoms with Crippen LogP contribution >= 0.6 is 23.2 Å². The number of halogens is 2. The lowest BCUT2D eigenvalue weighted by Gasteiger charge is -2.21. The Morgan fingerprint density at radius 2 is 1.82 bits per heavy atom. The summed E-state index contributed by atoms with van der Waals surface area (Å²) < 4.78 is 0. The van der Waals surface area contributed by atoms with Crippen molar-refractivity contribution >= 4 is 35.8 Å². The predicted molar refractivity (Wildman–Crippen MR) is 72.1 cm³/mol. The molecule has 0 aliphatic heterocycles. The van der Waals surface area contributed by atoms with Gasteiger partial charge in [0.2, 0.25) is 5.91 Å². The second-order valence-corrected chi connectivity index (χ2v) is 4.87. The maximum absolute atomic E-state index is 12.0. The fourth-order valence-corrected chi connectivity index (χ4v) is 2.25. The van der Waals surface area contributed by atoms with Crippen LogP contribution in [0.1, 0.15) is 32.1 Å². The number of carbonyl (C=O) groups excluding carboxylic acids is 1. The monoisotopic (exact) mass is 274 g/mol. The zero-order valence-electron chi connectivity index (χ0n) is 9.64. The molecule has 0 aromatic heterocycles. The molecule has 1 N–H and O–H groups in total. The number of hydrogen-bond acceptors (Lipinski definition) is 2. The van der Waals surface area contributed by atoms with E-state index < -0.39 is 0 Å². The normalized spacial score (nSPS) is 18.2. The maximum Gasteiger partial charge on any atom is 0.227 e. The van der Waals surface area contributed by atoms with Crippen molar-refractivity contribution in [3.05, 3.63) is 22.5 Å². The fourth-order valence-electron chi connectivity index (χ4n) is 1.90. The van der Waals surface area contributed by atoms with Gasteiger partial charge in [-0.15, -0.1) is 0 Å². The summed E-state index contributed by atoms with van der Waals surface area (Å²) in [4.78, 5) is 15.5. The average Bonchev–Trinajstić information content (AvgIpc) is 2.35. The van der Waals surface area contributed by atoms with E-state index in [2.05, 4.69) is 23.6 Å². The van der Waals surface area contributed by atoms with Gasteiger partial charge < -0.3 is 5.32 Å². The van der Waals surface area contributed by atoms with Crippen molar-refractivity contribution in [3.63, 3.8) is 0 Å². The molecule has 0 heterocycles. The summed E-state index contributed by atoms with van der Waals surface area (Å²) in [6.45, 7) is 6.84. The second-order valence-electron chi connectivity index (χ2n) is 4.05. The lowest BCUT2D eigenvalue weighted by molar-refractivity contribution is -0.125. The van der Waals surface area contributed by atoms with Crippen LogP contribution in [0.2, 0.25) is 0 Å². The minimum Gasteiger partial charge on any atom is -0.322 e. The maximum atomic E-state index is 12.0. The summed E-state index contributed by atoms with van der Waals surface area (Å²) in [5.74, 6) is -0.0349. The van der Waals surface area contributed by atoms with E-state index in [1.807, 2.05) is 0 Å². The van der Waals surface area contributed by atoms with E-state index in [0.29, 0.717) is 0 Å². The van der Waals surface area contributed by atoms with Crippen LogP contribution in [0, 0.1) is 5.92 Å². The molecule has 3 nitrogen and oxygen atoms in total. The van der Waals surface area contributed by atoms with Crippen LogP contribution in [0.3, 0.4) is 0 Å². The Labute approximate surface area is 112 Å². The quantitative estimate of drug-likeness (QED) is 0.476. The molecule has 0 spiro atoms. The number of nitrogens with one attached hydrogen (secondary N) is 1. The van der Waals surface area contributed by atoms with Gasteiger partial charge in [-0.25, -0.2) is 0 Å². The highest BCUT2D eigenvalue weighted by Gasteiger charge is 2.22. The number of aliphatic imine (C=N–C) groups is 1. The number of carbonyl (C=O) groups is 1. The minimum atomic E-state index is -0.0664. The zero-order chi connectivity index (χ0) is 12.8. The zero-order valence-corrected chi connectivity index (χ0v) is 11.2. The van der Waals surface area contributed by atoms with Crippen LogP contribution in [0.15, 0.2) is 27.5 Å². The first-order chi connectivity index (χ1) is 8.06. The lowest BCUT2D eigenvalue weighted by Crippen LogP contribution is -2.31. The van der Waals surface area contributed by atoms with Crippen LogP contribution in [-0.2, 0) is 4.79 Å². The molecule has 1 aliphatic rings. The Balaban J connectivity index is 2.70. The van der Waals surface area contributed by atoms with Crippen molar-refractivity contribution < 1.29 is 4.79 Å². The van der Waals surface area contributed by atoms with E-state index in [4.69, 9.17) is 23.2 Å². The number of nitrogens with zero attached hydrogens (tertiary/aromatic N) is 1. The first kappa shape index (κ1) is 14.3. The average molecular weight is 275 g/mol. The molecule has 17 heavy (non-hydrogen) atoms. The summed E-state index contributed by atoms with van der Waals surface area (Å²) in [5, 5.41) is 2.90. The summed E-state index contributed by atoms with van der Waals surface area (Å²) in [6, 6.07) is 0. The molecule has 1 aliphatic carbocycles. The van der Waals surface area contributed by atoms with Crippen molar-refractivity contribution in [1.29, 1.82) is 0 Å². The molecule has 1 saturated carbocycles. The molecule has 0 aromatic carbocycles. The van der Waals surface area contributed by atoms with Gasteiger partial charge in [-0.1, -0.05) is 49.0 Å². The third kappa shape index (κ3) is 4.17. The van der Waals surface area contributed by atoms with E-state index in [0.717, 1.165) is 25.7 Å². The summed E-state index contributed by atoms with van der Waals surface area (Å²) in [7, 11) is 0. The summed E-state index contributed by atoms with van der Waals surface area (Å²) >= 11 is 11.6. The van der Waals surface area contributed by atoms with Crippen molar-refractivity contribution in [2.24, 2.45) is 10.9 Å². The van der Waals surface area contributed by atoms with Gasteiger partial charge in [-0.3, -0.25) is 9.79 Å². The lowest BCUT2D eigenvalue weighted by atomic mass is 9.88. The van der Waals surface area contributed by atoms with Crippen molar-refractivity contribution in [3.8, 4) is 0 Å². The smallest absolute Gasteiger partial charge is 0.227 e. The number of hydrogen-bond donors (Lipinski definition) is 1. The van der Waals surface area contributed by atoms with E-state index in [9.17, 15) is 4.79 Å². The number of amides is 1. The predicted octanol–water partition coefficient (Wildman–Crippen LogP) is 3.54. The van der Waals surface area contributed by atoms with Gasteiger partial charge in [0.15, 0.2) is 5.16 Å². The van der Waals surface area contributed by atoms with Crippen LogP contribution in [-0.4, -0.2) is 12.6 Å². The van der Waals surface area contributed by atoms with Gasteiger partial charge in [0, 0.05) is 5.92 Å². The SMILES string of the molecule is C=NC(Cl)=C(NC(=O)C1CCCCC1)C(=C)Cl. The first-order valence-corrected chi connectivity index (χ1v) is 6.34. The molecule has 0 aromatic rings. The van der Waals surface area contributed by atoms with E-state index in [1.165, 1.54) is 6.42 Å². The molecule has 0 radical (unpaired) electrons. The van der Waals surface area contributed by atoms with Crippen LogP contribution in [0.25, 0.3) is 0 Å². The Hall–Kier alpha value is -0.800. The molecule has 1 amide bonds. The topological polar surface area (TPSA) is 41.5 Å². The van der Waals surface area contributed by atoms with Gasteiger partial charge in [-0.05, 0) is 19.6 Å². The van der Waals surface area contributed by atoms with Gasteiger partial charge in [0.25, 0.3) is 0 Å². The Bertz CT molecular complexity index is 358. The molecule has 0 bridgehead atoms. The molecule has 1 rings (SSSR count). The fraction of sp³-hybridized carbons (Fsp3) is 0.500. The molecule has 0 unspecified atom stereocenters. The van der Waals surface area contributed by atoms with Crippen LogP contribution in [0.4, 0.5) is 0 Å². The van der Waals surface area contributed by atoms with Crippen molar-refractivity contribution in [1.82, 2.24) is 5.32 Å².